The Balaban J connectivity index is 0.000000505. The topological polar surface area (TPSA) is 99.9 Å². The number of nitrogens with zero attached hydrogens (tertiary/aromatic N) is 4. The summed E-state index contributed by atoms with van der Waals surface area (Å²) in [5.74, 6) is -0.620. The number of urea groups is 1. The van der Waals surface area contributed by atoms with Gasteiger partial charge in [0.15, 0.2) is 5.82 Å². The molecule has 2 heterocycles. The lowest BCUT2D eigenvalue weighted by molar-refractivity contribution is -0.192. The van der Waals surface area contributed by atoms with E-state index in [0.29, 0.717) is 23.9 Å². The fraction of sp³-hybridized carbons (Fsp3) is 0.320. The summed E-state index contributed by atoms with van der Waals surface area (Å²) in [6.07, 6.45) is -5.08. The Bertz CT molecular complexity index is 1220. The first-order chi connectivity index (χ1) is 17.9. The summed E-state index contributed by atoms with van der Waals surface area (Å²) in [6.45, 7) is 5.76. The Hall–Kier alpha value is -3.77. The van der Waals surface area contributed by atoms with Gasteiger partial charge in [0.2, 0.25) is 0 Å². The molecular formula is C25H27ClF3N5O4. The number of hydrogen-bond acceptors (Lipinski definition) is 5. The van der Waals surface area contributed by atoms with E-state index in [4.69, 9.17) is 26.2 Å². The van der Waals surface area contributed by atoms with E-state index in [2.05, 4.69) is 27.4 Å². The number of piperazine rings is 1. The van der Waals surface area contributed by atoms with Crippen molar-refractivity contribution in [3.63, 3.8) is 0 Å². The normalized spacial score (nSPS) is 13.9. The minimum Gasteiger partial charge on any atom is -0.475 e. The average molecular weight is 554 g/mol. The van der Waals surface area contributed by atoms with E-state index in [0.717, 1.165) is 36.8 Å². The van der Waals surface area contributed by atoms with E-state index in [1.165, 1.54) is 5.56 Å². The molecule has 2 aromatic carbocycles. The van der Waals surface area contributed by atoms with Gasteiger partial charge in [0.25, 0.3) is 0 Å². The number of carboxylic acids is 1. The van der Waals surface area contributed by atoms with Crippen molar-refractivity contribution in [3.8, 4) is 11.5 Å². The lowest BCUT2D eigenvalue weighted by Gasteiger charge is -2.34. The van der Waals surface area contributed by atoms with Crippen LogP contribution in [-0.2, 0) is 18.4 Å². The standard InChI is InChI=1S/C23H26ClN5O2.C2HF3O2/c1-17-14-22(26-27(17)2)25-23(30)29-12-10-28(11-13-29)16-18-4-3-5-21(15-18)31-20-8-6-19(24)7-9-20;3-2(4,5)1(6)7/h3-9,14-15H,10-13,16H2,1-2H3,(H,25,26,30);(H,6,7). The van der Waals surface area contributed by atoms with Gasteiger partial charge >= 0.3 is 18.2 Å². The molecule has 0 atom stereocenters. The quantitative estimate of drug-likeness (QED) is 0.453. The van der Waals surface area contributed by atoms with Gasteiger partial charge in [0, 0.05) is 56.6 Å². The van der Waals surface area contributed by atoms with Gasteiger partial charge in [0.05, 0.1) is 0 Å². The summed E-state index contributed by atoms with van der Waals surface area (Å²) in [5.41, 5.74) is 2.18. The molecule has 9 nitrogen and oxygen atoms in total. The van der Waals surface area contributed by atoms with Crippen LogP contribution in [0.3, 0.4) is 0 Å². The Labute approximate surface area is 222 Å². The van der Waals surface area contributed by atoms with Gasteiger partial charge in [-0.15, -0.1) is 0 Å². The highest BCUT2D eigenvalue weighted by Gasteiger charge is 2.38. The van der Waals surface area contributed by atoms with E-state index in [1.54, 1.807) is 4.68 Å². The van der Waals surface area contributed by atoms with E-state index in [1.807, 2.05) is 61.3 Å². The maximum Gasteiger partial charge on any atom is 0.490 e. The van der Waals surface area contributed by atoms with Gasteiger partial charge in [-0.2, -0.15) is 18.3 Å². The number of rotatable bonds is 5. The fourth-order valence-electron chi connectivity index (χ4n) is 3.52. The maximum atomic E-state index is 12.5. The lowest BCUT2D eigenvalue weighted by atomic mass is 10.2. The molecular weight excluding hydrogens is 527 g/mol. The number of anilines is 1. The first kappa shape index (κ1) is 28.8. The molecule has 1 fully saturated rings. The Kier molecular flexibility index (Phi) is 9.59. The van der Waals surface area contributed by atoms with Crippen molar-refractivity contribution in [2.75, 3.05) is 31.5 Å². The van der Waals surface area contributed by atoms with Crippen LogP contribution in [0.5, 0.6) is 11.5 Å². The third kappa shape index (κ3) is 8.67. The van der Waals surface area contributed by atoms with Gasteiger partial charge in [-0.3, -0.25) is 14.9 Å². The van der Waals surface area contributed by atoms with Crippen LogP contribution >= 0.6 is 11.6 Å². The molecule has 1 saturated heterocycles. The number of carboxylic acid groups (broad SMARTS) is 1. The SMILES string of the molecule is Cc1cc(NC(=O)N2CCN(Cc3cccc(Oc4ccc(Cl)cc4)c3)CC2)nn1C.O=C(O)C(F)(F)F. The van der Waals surface area contributed by atoms with Crippen LogP contribution in [0, 0.1) is 6.92 Å². The van der Waals surface area contributed by atoms with Crippen LogP contribution in [0.1, 0.15) is 11.3 Å². The smallest absolute Gasteiger partial charge is 0.475 e. The van der Waals surface area contributed by atoms with Crippen LogP contribution < -0.4 is 10.1 Å². The molecule has 2 amide bonds. The number of hydrogen-bond donors (Lipinski definition) is 2. The number of nitrogens with one attached hydrogen (secondary N) is 1. The predicted molar refractivity (Wildman–Crippen MR) is 135 cm³/mol. The molecule has 38 heavy (non-hydrogen) atoms. The number of carbonyl (C=O) groups is 2. The van der Waals surface area contributed by atoms with E-state index in [9.17, 15) is 18.0 Å². The minimum absolute atomic E-state index is 0.101. The second-order valence-electron chi connectivity index (χ2n) is 8.49. The van der Waals surface area contributed by atoms with Crippen LogP contribution in [0.2, 0.25) is 5.02 Å². The third-order valence-corrected chi connectivity index (χ3v) is 5.86. The van der Waals surface area contributed by atoms with E-state index < -0.39 is 12.1 Å². The maximum absolute atomic E-state index is 12.5. The van der Waals surface area contributed by atoms with Crippen molar-refractivity contribution in [1.29, 1.82) is 0 Å². The predicted octanol–water partition coefficient (Wildman–Crippen LogP) is 5.16. The summed E-state index contributed by atoms with van der Waals surface area (Å²) in [4.78, 5) is 25.6. The summed E-state index contributed by atoms with van der Waals surface area (Å²) in [5, 5.41) is 15.0. The van der Waals surface area contributed by atoms with Gasteiger partial charge in [-0.25, -0.2) is 9.59 Å². The molecule has 1 aliphatic rings. The fourth-order valence-corrected chi connectivity index (χ4v) is 3.65. The number of ether oxygens (including phenoxy) is 1. The van der Waals surface area contributed by atoms with Crippen LogP contribution in [-0.4, -0.2) is 69.0 Å². The molecule has 4 rings (SSSR count). The monoisotopic (exact) mass is 553 g/mol. The third-order valence-electron chi connectivity index (χ3n) is 5.60. The molecule has 13 heteroatoms. The molecule has 2 N–H and O–H groups in total. The zero-order chi connectivity index (χ0) is 27.9. The van der Waals surface area contributed by atoms with Crippen molar-refractivity contribution in [2.24, 2.45) is 7.05 Å². The molecule has 3 aromatic rings. The van der Waals surface area contributed by atoms with Crippen molar-refractivity contribution >= 4 is 29.4 Å². The minimum atomic E-state index is -5.08. The number of aromatic nitrogens is 2. The van der Waals surface area contributed by atoms with Crippen LogP contribution in [0.4, 0.5) is 23.8 Å². The molecule has 1 aromatic heterocycles. The van der Waals surface area contributed by atoms with Crippen molar-refractivity contribution in [1.82, 2.24) is 19.6 Å². The highest BCUT2D eigenvalue weighted by atomic mass is 35.5. The number of aliphatic carboxylic acids is 1. The van der Waals surface area contributed by atoms with Crippen molar-refractivity contribution < 1.29 is 32.6 Å². The molecule has 0 unspecified atom stereocenters. The number of carbonyl (C=O) groups excluding carboxylic acids is 1. The van der Waals surface area contributed by atoms with Gasteiger partial charge in [0.1, 0.15) is 11.5 Å². The molecule has 0 bridgehead atoms. The van der Waals surface area contributed by atoms with Crippen molar-refractivity contribution in [2.45, 2.75) is 19.6 Å². The van der Waals surface area contributed by atoms with Gasteiger partial charge < -0.3 is 14.7 Å². The lowest BCUT2D eigenvalue weighted by Crippen LogP contribution is -2.49. The van der Waals surface area contributed by atoms with Crippen LogP contribution in [0.15, 0.2) is 54.6 Å². The first-order valence-corrected chi connectivity index (χ1v) is 11.9. The molecule has 1 aliphatic heterocycles. The molecule has 0 spiro atoms. The average Bonchev–Trinajstić information content (AvgIpc) is 3.17. The second kappa shape index (κ2) is 12.7. The summed E-state index contributed by atoms with van der Waals surface area (Å²) < 4.78 is 39.4. The largest absolute Gasteiger partial charge is 0.490 e. The van der Waals surface area contributed by atoms with Gasteiger partial charge in [-0.1, -0.05) is 23.7 Å². The number of halogens is 4. The Morgan fingerprint density at radius 2 is 1.68 bits per heavy atom. The molecule has 0 aliphatic carbocycles. The number of aryl methyl sites for hydroxylation is 2. The molecule has 204 valence electrons. The number of amides is 2. The summed E-state index contributed by atoms with van der Waals surface area (Å²) in [6, 6.07) is 17.2. The zero-order valence-corrected chi connectivity index (χ0v) is 21.5. The first-order valence-electron chi connectivity index (χ1n) is 11.5. The Morgan fingerprint density at radius 3 is 2.24 bits per heavy atom. The zero-order valence-electron chi connectivity index (χ0n) is 20.7. The molecule has 0 saturated carbocycles. The highest BCUT2D eigenvalue weighted by Crippen LogP contribution is 2.24. The van der Waals surface area contributed by atoms with Crippen LogP contribution in [0.25, 0.3) is 0 Å². The summed E-state index contributed by atoms with van der Waals surface area (Å²) >= 11 is 5.93. The Morgan fingerprint density at radius 1 is 1.05 bits per heavy atom. The number of benzene rings is 2. The van der Waals surface area contributed by atoms with Gasteiger partial charge in [-0.05, 0) is 48.9 Å². The number of alkyl halides is 3. The summed E-state index contributed by atoms with van der Waals surface area (Å²) in [7, 11) is 1.86. The molecule has 0 radical (unpaired) electrons. The van der Waals surface area contributed by atoms with E-state index >= 15 is 0 Å². The van der Waals surface area contributed by atoms with E-state index in [-0.39, 0.29) is 6.03 Å². The highest BCUT2D eigenvalue weighted by molar-refractivity contribution is 6.30. The van der Waals surface area contributed by atoms with Crippen molar-refractivity contribution in [3.05, 3.63) is 70.9 Å². The second-order valence-corrected chi connectivity index (χ2v) is 8.93.